The van der Waals surface area contributed by atoms with Gasteiger partial charge in [-0.2, -0.15) is 0 Å². The van der Waals surface area contributed by atoms with Crippen molar-refractivity contribution in [3.8, 4) is 0 Å². The normalized spacial score (nSPS) is 18.6. The van der Waals surface area contributed by atoms with Gasteiger partial charge in [-0.1, -0.05) is 48.3 Å². The first kappa shape index (κ1) is 16.0. The summed E-state index contributed by atoms with van der Waals surface area (Å²) in [6.45, 7) is 3.77. The monoisotopic (exact) mass is 353 g/mol. The molecule has 1 saturated carbocycles. The second-order valence-electron chi connectivity index (χ2n) is 5.76. The molecule has 0 aromatic heterocycles. The van der Waals surface area contributed by atoms with Crippen LogP contribution in [0.3, 0.4) is 0 Å². The maximum atomic E-state index is 12.6. The predicted molar refractivity (Wildman–Crippen MR) is 84.1 cm³/mol. The van der Waals surface area contributed by atoms with Crippen molar-refractivity contribution < 1.29 is 14.7 Å². The van der Waals surface area contributed by atoms with Gasteiger partial charge >= 0.3 is 5.97 Å². The average molecular weight is 354 g/mol. The Morgan fingerprint density at radius 1 is 1.33 bits per heavy atom. The van der Waals surface area contributed by atoms with Gasteiger partial charge in [0, 0.05) is 4.47 Å². The molecule has 0 saturated heterocycles. The third-order valence-electron chi connectivity index (χ3n) is 4.35. The Kier molecular flexibility index (Phi) is 4.71. The summed E-state index contributed by atoms with van der Waals surface area (Å²) in [4.78, 5) is 23.9. The topological polar surface area (TPSA) is 66.4 Å². The molecule has 1 fully saturated rings. The Morgan fingerprint density at radius 3 is 2.33 bits per heavy atom. The smallest absolute Gasteiger partial charge is 0.326 e. The molecule has 4 nitrogen and oxygen atoms in total. The fourth-order valence-electron chi connectivity index (χ4n) is 2.50. The molecular formula is C16H20BrNO3. The highest BCUT2D eigenvalue weighted by Crippen LogP contribution is 2.48. The number of benzene rings is 1. The number of carbonyl (C=O) groups excluding carboxylic acids is 1. The fourth-order valence-corrected chi connectivity index (χ4v) is 2.77. The van der Waals surface area contributed by atoms with Crippen molar-refractivity contribution in [1.82, 2.24) is 5.32 Å². The number of carbonyl (C=O) groups is 2. The van der Waals surface area contributed by atoms with Gasteiger partial charge in [-0.25, -0.2) is 4.79 Å². The van der Waals surface area contributed by atoms with Crippen LogP contribution in [0.2, 0.25) is 0 Å². The van der Waals surface area contributed by atoms with E-state index in [0.29, 0.717) is 6.42 Å². The lowest BCUT2D eigenvalue weighted by atomic mass is 9.93. The van der Waals surface area contributed by atoms with Crippen LogP contribution in [-0.2, 0) is 15.0 Å². The maximum Gasteiger partial charge on any atom is 0.326 e. The Balaban J connectivity index is 2.15. The van der Waals surface area contributed by atoms with E-state index in [0.717, 1.165) is 22.9 Å². The Bertz CT molecular complexity index is 537. The lowest BCUT2D eigenvalue weighted by Gasteiger charge is -2.23. The SMILES string of the molecule is CC[C@H](C)[C@H](NC(=O)C1(c2ccc(Br)cc2)CC1)C(=O)O. The van der Waals surface area contributed by atoms with Gasteiger partial charge in [0.25, 0.3) is 0 Å². The first-order chi connectivity index (χ1) is 9.90. The van der Waals surface area contributed by atoms with Gasteiger partial charge in [-0.15, -0.1) is 0 Å². The Labute approximate surface area is 133 Å². The minimum atomic E-state index is -0.968. The summed E-state index contributed by atoms with van der Waals surface area (Å²) in [5.41, 5.74) is 0.415. The van der Waals surface area contributed by atoms with Crippen LogP contribution >= 0.6 is 15.9 Å². The molecule has 5 heteroatoms. The third-order valence-corrected chi connectivity index (χ3v) is 4.88. The minimum Gasteiger partial charge on any atom is -0.480 e. The zero-order valence-electron chi connectivity index (χ0n) is 12.2. The molecule has 1 aromatic rings. The molecule has 2 rings (SSSR count). The molecular weight excluding hydrogens is 334 g/mol. The molecule has 1 aliphatic carbocycles. The molecule has 0 spiro atoms. The van der Waals surface area contributed by atoms with Crippen LogP contribution in [0.25, 0.3) is 0 Å². The highest BCUT2D eigenvalue weighted by atomic mass is 79.9. The van der Waals surface area contributed by atoms with Gasteiger partial charge in [0.2, 0.25) is 5.91 Å². The number of amides is 1. The van der Waals surface area contributed by atoms with Crippen LogP contribution in [0.5, 0.6) is 0 Å². The number of carboxylic acid groups (broad SMARTS) is 1. The van der Waals surface area contributed by atoms with E-state index in [-0.39, 0.29) is 11.8 Å². The molecule has 2 N–H and O–H groups in total. The summed E-state index contributed by atoms with van der Waals surface area (Å²) in [5, 5.41) is 12.0. The molecule has 0 bridgehead atoms. The number of nitrogens with one attached hydrogen (secondary N) is 1. The maximum absolute atomic E-state index is 12.6. The number of hydrogen-bond donors (Lipinski definition) is 2. The molecule has 114 valence electrons. The van der Waals surface area contributed by atoms with Crippen LogP contribution in [-0.4, -0.2) is 23.0 Å². The van der Waals surface area contributed by atoms with E-state index in [2.05, 4.69) is 21.2 Å². The van der Waals surface area contributed by atoms with Crippen molar-refractivity contribution in [2.24, 2.45) is 5.92 Å². The molecule has 1 aromatic carbocycles. The van der Waals surface area contributed by atoms with E-state index in [1.807, 2.05) is 38.1 Å². The van der Waals surface area contributed by atoms with Gasteiger partial charge in [0.15, 0.2) is 0 Å². The van der Waals surface area contributed by atoms with E-state index in [1.165, 1.54) is 0 Å². The lowest BCUT2D eigenvalue weighted by molar-refractivity contribution is -0.143. The summed E-state index contributed by atoms with van der Waals surface area (Å²) in [5.74, 6) is -1.23. The summed E-state index contributed by atoms with van der Waals surface area (Å²) >= 11 is 3.38. The van der Waals surface area contributed by atoms with Crippen LogP contribution in [0.1, 0.15) is 38.7 Å². The second kappa shape index (κ2) is 6.18. The molecule has 1 amide bonds. The summed E-state index contributed by atoms with van der Waals surface area (Å²) < 4.78 is 0.963. The number of halogens is 1. The van der Waals surface area contributed by atoms with Gasteiger partial charge in [-0.05, 0) is 36.5 Å². The molecule has 0 aliphatic heterocycles. The molecule has 21 heavy (non-hydrogen) atoms. The van der Waals surface area contributed by atoms with E-state index >= 15 is 0 Å². The standard InChI is InChI=1S/C16H20BrNO3/c1-3-10(2)13(14(19)20)18-15(21)16(8-9-16)11-4-6-12(17)7-5-11/h4-7,10,13H,3,8-9H2,1-2H3,(H,18,21)(H,19,20)/t10-,13-/m0/s1. The molecule has 0 unspecified atom stereocenters. The predicted octanol–water partition coefficient (Wildman–Crippen LogP) is 3.10. The van der Waals surface area contributed by atoms with E-state index in [4.69, 9.17) is 0 Å². The van der Waals surface area contributed by atoms with Crippen molar-refractivity contribution in [2.75, 3.05) is 0 Å². The second-order valence-corrected chi connectivity index (χ2v) is 6.68. The highest BCUT2D eigenvalue weighted by Gasteiger charge is 2.52. The first-order valence-corrected chi connectivity index (χ1v) is 8.00. The number of hydrogen-bond acceptors (Lipinski definition) is 2. The van der Waals surface area contributed by atoms with Crippen molar-refractivity contribution in [1.29, 1.82) is 0 Å². The number of aliphatic carboxylic acids is 1. The summed E-state index contributed by atoms with van der Waals surface area (Å²) in [6, 6.07) is 6.85. The highest BCUT2D eigenvalue weighted by molar-refractivity contribution is 9.10. The average Bonchev–Trinajstić information content (AvgIpc) is 3.25. The summed E-state index contributed by atoms with van der Waals surface area (Å²) in [7, 11) is 0. The molecule has 2 atom stereocenters. The van der Waals surface area contributed by atoms with E-state index in [1.54, 1.807) is 0 Å². The van der Waals surface area contributed by atoms with E-state index < -0.39 is 17.4 Å². The lowest BCUT2D eigenvalue weighted by Crippen LogP contribution is -2.48. The Hall–Kier alpha value is -1.36. The Morgan fingerprint density at radius 2 is 1.90 bits per heavy atom. The zero-order valence-corrected chi connectivity index (χ0v) is 13.8. The van der Waals surface area contributed by atoms with Gasteiger partial charge in [-0.3, -0.25) is 4.79 Å². The number of carboxylic acids is 1. The van der Waals surface area contributed by atoms with Crippen molar-refractivity contribution in [3.63, 3.8) is 0 Å². The first-order valence-electron chi connectivity index (χ1n) is 7.20. The fraction of sp³-hybridized carbons (Fsp3) is 0.500. The van der Waals surface area contributed by atoms with Crippen LogP contribution < -0.4 is 5.32 Å². The van der Waals surface area contributed by atoms with Crippen LogP contribution in [0.4, 0.5) is 0 Å². The van der Waals surface area contributed by atoms with Gasteiger partial charge in [0.1, 0.15) is 6.04 Å². The zero-order chi connectivity index (χ0) is 15.6. The van der Waals surface area contributed by atoms with Crippen LogP contribution in [0.15, 0.2) is 28.7 Å². The van der Waals surface area contributed by atoms with Crippen molar-refractivity contribution >= 4 is 27.8 Å². The molecule has 0 radical (unpaired) electrons. The van der Waals surface area contributed by atoms with Gasteiger partial charge < -0.3 is 10.4 Å². The molecule has 1 aliphatic rings. The van der Waals surface area contributed by atoms with E-state index in [9.17, 15) is 14.7 Å². The summed E-state index contributed by atoms with van der Waals surface area (Å²) in [6.07, 6.45) is 2.25. The third kappa shape index (κ3) is 3.28. The molecule has 0 heterocycles. The number of rotatable bonds is 6. The van der Waals surface area contributed by atoms with Gasteiger partial charge in [0.05, 0.1) is 5.41 Å². The minimum absolute atomic E-state index is 0.0906. The quantitative estimate of drug-likeness (QED) is 0.825. The van der Waals surface area contributed by atoms with Crippen LogP contribution in [0, 0.1) is 5.92 Å². The van der Waals surface area contributed by atoms with Crippen molar-refractivity contribution in [3.05, 3.63) is 34.3 Å². The van der Waals surface area contributed by atoms with Crippen molar-refractivity contribution in [2.45, 2.75) is 44.6 Å². The largest absolute Gasteiger partial charge is 0.480 e.